The number of aromatic nitrogens is 3. The van der Waals surface area contributed by atoms with Gasteiger partial charge in [0.25, 0.3) is 0 Å². The number of thiophene rings is 1. The molecule has 0 aliphatic heterocycles. The molecule has 0 saturated heterocycles. The number of rotatable bonds is 12. The Morgan fingerprint density at radius 3 is 2.68 bits per heavy atom. The summed E-state index contributed by atoms with van der Waals surface area (Å²) in [6, 6.07) is 8.91. The fourth-order valence-electron chi connectivity index (χ4n) is 4.74. The number of benzene rings is 1. The first-order valence-corrected chi connectivity index (χ1v) is 13.1. The lowest BCUT2D eigenvalue weighted by Gasteiger charge is -2.31. The van der Waals surface area contributed by atoms with Crippen molar-refractivity contribution in [2.45, 2.75) is 77.9 Å². The third-order valence-electron chi connectivity index (χ3n) is 6.63. The Balaban J connectivity index is 1.74. The first kappa shape index (κ1) is 26.1. The number of hydrogen-bond donors (Lipinski definition) is 1. The first-order valence-electron chi connectivity index (χ1n) is 12.2. The number of aryl methyl sites for hydroxylation is 1. The SMILES string of the molecule is C=CC(CC(CC)n1c(C)nnc1C(C)C)N(C)CCC(NC(C)=O)c1csc2ccccc12. The zero-order chi connectivity index (χ0) is 24.8. The van der Waals surface area contributed by atoms with Gasteiger partial charge < -0.3 is 9.88 Å². The Bertz CT molecular complexity index is 1100. The predicted octanol–water partition coefficient (Wildman–Crippen LogP) is 6.02. The third-order valence-corrected chi connectivity index (χ3v) is 7.61. The van der Waals surface area contributed by atoms with E-state index in [9.17, 15) is 4.79 Å². The molecule has 0 bridgehead atoms. The standard InChI is InChI=1S/C27H39N5OS/c1-8-21(16-22(9-2)32-19(5)29-30-27(32)18(3)4)31(7)15-14-25(28-20(6)33)24-17-34-26-13-11-10-12-23(24)26/h8,10-13,17-18,21-22,25H,1,9,14-16H2,2-7H3,(H,28,33). The fourth-order valence-corrected chi connectivity index (χ4v) is 5.75. The Morgan fingerprint density at radius 1 is 1.29 bits per heavy atom. The summed E-state index contributed by atoms with van der Waals surface area (Å²) in [7, 11) is 2.15. The van der Waals surface area contributed by atoms with Crippen molar-refractivity contribution in [1.82, 2.24) is 25.0 Å². The second kappa shape index (κ2) is 11.8. The fraction of sp³-hybridized carbons (Fsp3) is 0.519. The maximum Gasteiger partial charge on any atom is 0.217 e. The van der Waals surface area contributed by atoms with Crippen molar-refractivity contribution in [1.29, 1.82) is 0 Å². The van der Waals surface area contributed by atoms with E-state index in [1.54, 1.807) is 18.3 Å². The van der Waals surface area contributed by atoms with Gasteiger partial charge in [0, 0.05) is 36.2 Å². The molecule has 3 rings (SSSR count). The maximum absolute atomic E-state index is 12.0. The van der Waals surface area contributed by atoms with Gasteiger partial charge in [-0.25, -0.2) is 0 Å². The number of likely N-dealkylation sites (N-methyl/N-ethyl adjacent to an activating group) is 1. The summed E-state index contributed by atoms with van der Waals surface area (Å²) in [4.78, 5) is 14.4. The topological polar surface area (TPSA) is 63.1 Å². The summed E-state index contributed by atoms with van der Waals surface area (Å²) in [5.74, 6) is 2.34. The Hall–Kier alpha value is -2.51. The van der Waals surface area contributed by atoms with E-state index in [4.69, 9.17) is 0 Å². The monoisotopic (exact) mass is 481 g/mol. The highest BCUT2D eigenvalue weighted by molar-refractivity contribution is 7.17. The molecule has 184 valence electrons. The minimum Gasteiger partial charge on any atom is -0.349 e. The van der Waals surface area contributed by atoms with Gasteiger partial charge in [-0.3, -0.25) is 9.69 Å². The summed E-state index contributed by atoms with van der Waals surface area (Å²) in [6.45, 7) is 15.2. The molecular formula is C27H39N5OS. The molecule has 7 heteroatoms. The van der Waals surface area contributed by atoms with E-state index >= 15 is 0 Å². The van der Waals surface area contributed by atoms with Crippen LogP contribution in [-0.2, 0) is 4.79 Å². The quantitative estimate of drug-likeness (QED) is 0.321. The molecule has 0 aliphatic carbocycles. The van der Waals surface area contributed by atoms with Crippen LogP contribution in [0.1, 0.15) is 82.2 Å². The molecule has 3 unspecified atom stereocenters. The number of hydrogen-bond acceptors (Lipinski definition) is 5. The molecular weight excluding hydrogens is 442 g/mol. The predicted molar refractivity (Wildman–Crippen MR) is 142 cm³/mol. The molecule has 0 fully saturated rings. The van der Waals surface area contributed by atoms with Crippen molar-refractivity contribution in [2.24, 2.45) is 0 Å². The molecule has 3 aromatic rings. The van der Waals surface area contributed by atoms with Gasteiger partial charge in [-0.15, -0.1) is 28.1 Å². The number of nitrogens with one attached hydrogen (secondary N) is 1. The summed E-state index contributed by atoms with van der Waals surface area (Å²) in [5, 5.41) is 15.4. The Labute approximate surface area is 208 Å². The van der Waals surface area contributed by atoms with Crippen LogP contribution in [0.2, 0.25) is 0 Å². The summed E-state index contributed by atoms with van der Waals surface area (Å²) >= 11 is 1.73. The van der Waals surface area contributed by atoms with E-state index < -0.39 is 0 Å². The minimum atomic E-state index is -0.0174. The zero-order valence-electron chi connectivity index (χ0n) is 21.4. The largest absolute Gasteiger partial charge is 0.349 e. The van der Waals surface area contributed by atoms with Crippen molar-refractivity contribution >= 4 is 27.3 Å². The van der Waals surface area contributed by atoms with Gasteiger partial charge in [0.2, 0.25) is 5.91 Å². The van der Waals surface area contributed by atoms with Crippen molar-refractivity contribution in [2.75, 3.05) is 13.6 Å². The average Bonchev–Trinajstić information content (AvgIpc) is 3.41. The third kappa shape index (κ3) is 5.94. The van der Waals surface area contributed by atoms with Crippen LogP contribution in [-0.4, -0.2) is 45.2 Å². The van der Waals surface area contributed by atoms with Gasteiger partial charge in [0.15, 0.2) is 0 Å². The van der Waals surface area contributed by atoms with Crippen LogP contribution in [0.5, 0.6) is 0 Å². The number of carbonyl (C=O) groups excluding carboxylic acids is 1. The van der Waals surface area contributed by atoms with Gasteiger partial charge in [-0.2, -0.15) is 0 Å². The second-order valence-electron chi connectivity index (χ2n) is 9.44. The highest BCUT2D eigenvalue weighted by Crippen LogP contribution is 2.32. The molecule has 6 nitrogen and oxygen atoms in total. The summed E-state index contributed by atoms with van der Waals surface area (Å²) < 4.78 is 3.56. The average molecular weight is 482 g/mol. The molecule has 0 saturated carbocycles. The molecule has 1 aromatic carbocycles. The van der Waals surface area contributed by atoms with Crippen molar-refractivity contribution in [3.8, 4) is 0 Å². The van der Waals surface area contributed by atoms with Gasteiger partial charge in [-0.05, 0) is 55.6 Å². The molecule has 0 spiro atoms. The van der Waals surface area contributed by atoms with Gasteiger partial charge in [0.1, 0.15) is 11.6 Å². The lowest BCUT2D eigenvalue weighted by Crippen LogP contribution is -2.36. The zero-order valence-corrected chi connectivity index (χ0v) is 22.2. The smallest absolute Gasteiger partial charge is 0.217 e. The van der Waals surface area contributed by atoms with Gasteiger partial charge in [0.05, 0.1) is 6.04 Å². The van der Waals surface area contributed by atoms with Crippen LogP contribution in [0.4, 0.5) is 0 Å². The lowest BCUT2D eigenvalue weighted by molar-refractivity contribution is -0.119. The Kier molecular flexibility index (Phi) is 9.03. The normalized spacial score (nSPS) is 14.5. The highest BCUT2D eigenvalue weighted by atomic mass is 32.1. The van der Waals surface area contributed by atoms with E-state index in [0.29, 0.717) is 12.0 Å². The Morgan fingerprint density at radius 2 is 2.03 bits per heavy atom. The van der Waals surface area contributed by atoms with E-state index in [0.717, 1.165) is 37.5 Å². The number of amides is 1. The number of carbonyl (C=O) groups is 1. The van der Waals surface area contributed by atoms with Gasteiger partial charge in [-0.1, -0.05) is 45.0 Å². The molecule has 3 atom stereocenters. The number of nitrogens with zero attached hydrogens (tertiary/aromatic N) is 4. The van der Waals surface area contributed by atoms with Crippen LogP contribution >= 0.6 is 11.3 Å². The van der Waals surface area contributed by atoms with Crippen LogP contribution in [0.3, 0.4) is 0 Å². The summed E-state index contributed by atoms with van der Waals surface area (Å²) in [5.41, 5.74) is 1.20. The van der Waals surface area contributed by atoms with Gasteiger partial charge >= 0.3 is 0 Å². The molecule has 1 amide bonds. The van der Waals surface area contributed by atoms with E-state index in [-0.39, 0.29) is 18.0 Å². The van der Waals surface area contributed by atoms with Crippen LogP contribution in [0.25, 0.3) is 10.1 Å². The molecule has 0 radical (unpaired) electrons. The van der Waals surface area contributed by atoms with Crippen LogP contribution in [0, 0.1) is 6.92 Å². The molecule has 1 N–H and O–H groups in total. The lowest BCUT2D eigenvalue weighted by atomic mass is 10.00. The van der Waals surface area contributed by atoms with E-state index in [2.05, 4.69) is 89.0 Å². The van der Waals surface area contributed by atoms with Crippen LogP contribution in [0.15, 0.2) is 42.3 Å². The maximum atomic E-state index is 12.0. The second-order valence-corrected chi connectivity index (χ2v) is 10.4. The first-order chi connectivity index (χ1) is 16.3. The van der Waals surface area contributed by atoms with Crippen molar-refractivity contribution < 1.29 is 4.79 Å². The minimum absolute atomic E-state index is 0.00134. The van der Waals surface area contributed by atoms with Crippen molar-refractivity contribution in [3.05, 3.63) is 59.5 Å². The van der Waals surface area contributed by atoms with E-state index in [1.165, 1.54) is 15.6 Å². The van der Waals surface area contributed by atoms with E-state index in [1.807, 2.05) is 13.0 Å². The molecule has 0 aliphatic rings. The number of fused-ring (bicyclic) bond motifs is 1. The summed E-state index contributed by atoms with van der Waals surface area (Å²) in [6.07, 6.45) is 4.83. The molecule has 2 heterocycles. The highest BCUT2D eigenvalue weighted by Gasteiger charge is 2.24. The van der Waals surface area contributed by atoms with Crippen molar-refractivity contribution in [3.63, 3.8) is 0 Å². The molecule has 2 aromatic heterocycles. The molecule has 34 heavy (non-hydrogen) atoms. The van der Waals surface area contributed by atoms with Crippen LogP contribution < -0.4 is 5.32 Å².